The minimum Gasteiger partial charge on any atom is -0.0683 e. The van der Waals surface area contributed by atoms with E-state index in [4.69, 9.17) is 0 Å². The molecule has 0 N–H and O–H groups in total. The van der Waals surface area contributed by atoms with Crippen molar-refractivity contribution < 1.29 is 0 Å². The zero-order chi connectivity index (χ0) is 24.5. The molecule has 0 atom stereocenters. The van der Waals surface area contributed by atoms with Crippen LogP contribution in [0.4, 0.5) is 0 Å². The first kappa shape index (κ1) is 25.5. The average Bonchev–Trinajstić information content (AvgIpc) is 3.49. The Balaban J connectivity index is 0.000000167. The molecule has 2 aliphatic rings. The van der Waals surface area contributed by atoms with Crippen LogP contribution in [0.2, 0.25) is 0 Å². The standard InChI is InChI=1S/2C15H14.2C2H6/c1-2-11-7-5-9-14-13-8-4-3-6-12(13)10-15(11)14;1-2-11-7-8-13-10-12-5-3-4-6-14(12)15(13)9-11;2*1-2/h2*3-9H,2,10H2,1H3;2*1-2H3. The van der Waals surface area contributed by atoms with Crippen molar-refractivity contribution in [2.75, 3.05) is 0 Å². The van der Waals surface area contributed by atoms with Crippen LogP contribution < -0.4 is 0 Å². The van der Waals surface area contributed by atoms with Crippen molar-refractivity contribution in [2.24, 2.45) is 0 Å². The predicted molar refractivity (Wildman–Crippen MR) is 151 cm³/mol. The topological polar surface area (TPSA) is 0 Å². The van der Waals surface area contributed by atoms with Crippen LogP contribution in [0.1, 0.15) is 74.9 Å². The first-order valence-electron chi connectivity index (χ1n) is 13.2. The molecule has 0 heteroatoms. The Bertz CT molecular complexity index is 1200. The molecule has 4 aromatic rings. The van der Waals surface area contributed by atoms with Gasteiger partial charge in [0, 0.05) is 0 Å². The lowest BCUT2D eigenvalue weighted by molar-refractivity contribution is 1.08. The Morgan fingerprint density at radius 1 is 0.500 bits per heavy atom. The van der Waals surface area contributed by atoms with E-state index in [1.807, 2.05) is 27.7 Å². The number of hydrogen-bond acceptors (Lipinski definition) is 0. The third-order valence-corrected chi connectivity index (χ3v) is 6.60. The van der Waals surface area contributed by atoms with Crippen LogP contribution in [0, 0.1) is 0 Å². The summed E-state index contributed by atoms with van der Waals surface area (Å²) in [4.78, 5) is 0. The maximum absolute atomic E-state index is 2.35. The highest BCUT2D eigenvalue weighted by molar-refractivity contribution is 5.78. The highest BCUT2D eigenvalue weighted by atomic mass is 14.2. The van der Waals surface area contributed by atoms with Crippen LogP contribution in [-0.2, 0) is 25.7 Å². The van der Waals surface area contributed by atoms with E-state index >= 15 is 0 Å². The molecule has 176 valence electrons. The van der Waals surface area contributed by atoms with Crippen LogP contribution in [-0.4, -0.2) is 0 Å². The van der Waals surface area contributed by atoms with Gasteiger partial charge in [-0.05, 0) is 81.3 Å². The van der Waals surface area contributed by atoms with Gasteiger partial charge in [-0.3, -0.25) is 0 Å². The van der Waals surface area contributed by atoms with Gasteiger partial charge in [-0.15, -0.1) is 0 Å². The van der Waals surface area contributed by atoms with Crippen molar-refractivity contribution in [1.82, 2.24) is 0 Å². The molecule has 0 amide bonds. The summed E-state index contributed by atoms with van der Waals surface area (Å²) in [5.41, 5.74) is 14.7. The van der Waals surface area contributed by atoms with Crippen molar-refractivity contribution in [3.05, 3.63) is 118 Å². The van der Waals surface area contributed by atoms with E-state index in [9.17, 15) is 0 Å². The fraction of sp³-hybridized carbons (Fsp3) is 0.294. The molecule has 0 bridgehead atoms. The molecule has 0 fully saturated rings. The minimum absolute atomic E-state index is 1.11. The smallest absolute Gasteiger partial charge is 0.00107 e. The van der Waals surface area contributed by atoms with Crippen molar-refractivity contribution in [2.45, 2.75) is 67.2 Å². The lowest BCUT2D eigenvalue weighted by Crippen LogP contribution is -1.89. The molecule has 2 aliphatic carbocycles. The largest absolute Gasteiger partial charge is 0.0683 e. The third kappa shape index (κ3) is 5.17. The lowest BCUT2D eigenvalue weighted by Gasteiger charge is -2.05. The van der Waals surface area contributed by atoms with E-state index in [2.05, 4.69) is 98.8 Å². The third-order valence-electron chi connectivity index (χ3n) is 6.60. The summed E-state index contributed by atoms with van der Waals surface area (Å²) < 4.78 is 0. The second kappa shape index (κ2) is 12.4. The molecule has 0 nitrogen and oxygen atoms in total. The Kier molecular flexibility index (Phi) is 9.28. The number of fused-ring (bicyclic) bond motifs is 6. The zero-order valence-corrected chi connectivity index (χ0v) is 21.9. The van der Waals surface area contributed by atoms with Crippen LogP contribution in [0.5, 0.6) is 0 Å². The molecular formula is C34H40. The second-order valence-electron chi connectivity index (χ2n) is 8.31. The first-order valence-corrected chi connectivity index (χ1v) is 13.2. The molecule has 0 aromatic heterocycles. The summed E-state index contributed by atoms with van der Waals surface area (Å²) in [5.74, 6) is 0. The van der Waals surface area contributed by atoms with Gasteiger partial charge < -0.3 is 0 Å². The van der Waals surface area contributed by atoms with Crippen LogP contribution >= 0.6 is 0 Å². The van der Waals surface area contributed by atoms with E-state index < -0.39 is 0 Å². The summed E-state index contributed by atoms with van der Waals surface area (Å²) in [6.45, 7) is 12.4. The zero-order valence-electron chi connectivity index (χ0n) is 21.9. The van der Waals surface area contributed by atoms with Crippen LogP contribution in [0.25, 0.3) is 22.3 Å². The van der Waals surface area contributed by atoms with Crippen molar-refractivity contribution in [3.63, 3.8) is 0 Å². The highest BCUT2D eigenvalue weighted by Gasteiger charge is 2.19. The second-order valence-corrected chi connectivity index (χ2v) is 8.31. The average molecular weight is 449 g/mol. The molecule has 0 spiro atoms. The molecule has 0 saturated carbocycles. The first-order chi connectivity index (χ1) is 16.8. The minimum atomic E-state index is 1.11. The monoisotopic (exact) mass is 448 g/mol. The summed E-state index contributed by atoms with van der Waals surface area (Å²) in [6, 6.07) is 31.1. The maximum atomic E-state index is 2.35. The SMILES string of the molecule is CC.CC.CCc1ccc2c(c1)-c1ccccc1C2.CCc1cccc2c1Cc1ccccc1-2. The molecule has 6 rings (SSSR count). The fourth-order valence-electron chi connectivity index (χ4n) is 4.95. The summed E-state index contributed by atoms with van der Waals surface area (Å²) in [5, 5.41) is 0. The Hall–Kier alpha value is -3.12. The Morgan fingerprint density at radius 2 is 1.06 bits per heavy atom. The molecule has 0 aliphatic heterocycles. The summed E-state index contributed by atoms with van der Waals surface area (Å²) >= 11 is 0. The van der Waals surface area contributed by atoms with Gasteiger partial charge in [0.25, 0.3) is 0 Å². The quantitative estimate of drug-likeness (QED) is 0.247. The van der Waals surface area contributed by atoms with E-state index in [1.165, 1.54) is 50.1 Å². The van der Waals surface area contributed by atoms with Crippen molar-refractivity contribution in [3.8, 4) is 22.3 Å². The van der Waals surface area contributed by atoms with Gasteiger partial charge in [0.2, 0.25) is 0 Å². The summed E-state index contributed by atoms with van der Waals surface area (Å²) in [6.07, 6.45) is 4.48. The lowest BCUT2D eigenvalue weighted by atomic mass is 10.00. The Labute approximate surface area is 207 Å². The molecule has 0 radical (unpaired) electrons. The number of rotatable bonds is 2. The van der Waals surface area contributed by atoms with Gasteiger partial charge in [0.15, 0.2) is 0 Å². The fourth-order valence-corrected chi connectivity index (χ4v) is 4.95. The highest BCUT2D eigenvalue weighted by Crippen LogP contribution is 2.38. The van der Waals surface area contributed by atoms with Gasteiger partial charge >= 0.3 is 0 Å². The number of aryl methyl sites for hydroxylation is 2. The van der Waals surface area contributed by atoms with Gasteiger partial charge in [-0.2, -0.15) is 0 Å². The van der Waals surface area contributed by atoms with Crippen molar-refractivity contribution >= 4 is 0 Å². The van der Waals surface area contributed by atoms with Gasteiger partial charge in [-0.1, -0.05) is 126 Å². The van der Waals surface area contributed by atoms with E-state index in [0.29, 0.717) is 0 Å². The normalized spacial score (nSPS) is 11.2. The Morgan fingerprint density at radius 3 is 1.71 bits per heavy atom. The predicted octanol–water partition coefficient (Wildman–Crippen LogP) is 9.69. The van der Waals surface area contributed by atoms with Gasteiger partial charge in [0.1, 0.15) is 0 Å². The van der Waals surface area contributed by atoms with E-state index in [-0.39, 0.29) is 0 Å². The maximum Gasteiger partial charge on any atom is -0.00107 e. The summed E-state index contributed by atoms with van der Waals surface area (Å²) in [7, 11) is 0. The van der Waals surface area contributed by atoms with Crippen LogP contribution in [0.15, 0.2) is 84.9 Å². The van der Waals surface area contributed by atoms with E-state index in [0.717, 1.165) is 25.7 Å². The molecule has 0 saturated heterocycles. The number of benzene rings is 4. The van der Waals surface area contributed by atoms with E-state index in [1.54, 1.807) is 5.56 Å². The molecule has 34 heavy (non-hydrogen) atoms. The molecule has 4 aromatic carbocycles. The molecular weight excluding hydrogens is 408 g/mol. The van der Waals surface area contributed by atoms with Gasteiger partial charge in [-0.25, -0.2) is 0 Å². The molecule has 0 unspecified atom stereocenters. The van der Waals surface area contributed by atoms with Crippen molar-refractivity contribution in [1.29, 1.82) is 0 Å². The van der Waals surface area contributed by atoms with Gasteiger partial charge in [0.05, 0.1) is 0 Å². The number of hydrogen-bond donors (Lipinski definition) is 0. The van der Waals surface area contributed by atoms with Crippen LogP contribution in [0.3, 0.4) is 0 Å². The molecule has 0 heterocycles.